The largest absolute Gasteiger partial charge is 0.467 e. The minimum atomic E-state index is -0.440. The van der Waals surface area contributed by atoms with Crippen molar-refractivity contribution >= 4 is 22.9 Å². The fraction of sp³-hybridized carbons (Fsp3) is 0.818. The summed E-state index contributed by atoms with van der Waals surface area (Å²) >= 11 is 1.68. The van der Waals surface area contributed by atoms with E-state index in [1.807, 2.05) is 0 Å². The van der Waals surface area contributed by atoms with Gasteiger partial charge in [-0.25, -0.2) is 9.79 Å². The molecule has 1 unspecified atom stereocenters. The fourth-order valence-corrected chi connectivity index (χ4v) is 3.30. The molecule has 2 fully saturated rings. The van der Waals surface area contributed by atoms with Crippen molar-refractivity contribution in [2.75, 3.05) is 26.1 Å². The van der Waals surface area contributed by atoms with Crippen LogP contribution in [0.1, 0.15) is 19.8 Å². The van der Waals surface area contributed by atoms with E-state index in [4.69, 9.17) is 4.74 Å². The van der Waals surface area contributed by atoms with Crippen molar-refractivity contribution in [3.8, 4) is 0 Å². The average molecular weight is 258 g/mol. The van der Waals surface area contributed by atoms with Gasteiger partial charge < -0.3 is 14.8 Å². The topological polar surface area (TPSA) is 59.9 Å². The highest BCUT2D eigenvalue weighted by atomic mass is 32.2. The smallest absolute Gasteiger partial charge is 0.330 e. The van der Waals surface area contributed by atoms with Gasteiger partial charge in [-0.1, -0.05) is 11.8 Å². The predicted molar refractivity (Wildman–Crippen MR) is 67.3 cm³/mol. The molecule has 0 aromatic heterocycles. The van der Waals surface area contributed by atoms with Gasteiger partial charge in [0, 0.05) is 19.0 Å². The van der Waals surface area contributed by atoms with Gasteiger partial charge in [0.25, 0.3) is 0 Å². The number of esters is 1. The van der Waals surface area contributed by atoms with Crippen molar-refractivity contribution in [3.63, 3.8) is 0 Å². The Hall–Kier alpha value is -0.750. The Morgan fingerprint density at radius 2 is 2.29 bits per heavy atom. The number of aliphatic imine (C=N–C) groups is 1. The Bertz CT molecular complexity index is 327. The molecule has 1 N–H and O–H groups in total. The zero-order valence-electron chi connectivity index (χ0n) is 10.2. The number of hydrogen-bond acceptors (Lipinski definition) is 5. The maximum atomic E-state index is 11.3. The van der Waals surface area contributed by atoms with Gasteiger partial charge in [0.05, 0.1) is 12.6 Å². The van der Waals surface area contributed by atoms with Crippen LogP contribution in [0, 0.1) is 0 Å². The van der Waals surface area contributed by atoms with E-state index in [1.54, 1.807) is 18.7 Å². The molecule has 0 radical (unpaired) electrons. The van der Waals surface area contributed by atoms with Gasteiger partial charge in [-0.3, -0.25) is 0 Å². The number of amidine groups is 1. The van der Waals surface area contributed by atoms with Crippen molar-refractivity contribution in [1.82, 2.24) is 5.32 Å². The van der Waals surface area contributed by atoms with Crippen LogP contribution in [-0.2, 0) is 14.3 Å². The SMILES string of the molecule is COC(=O)C(C)N=C1NC2(CCOCC2)CS1. The minimum absolute atomic E-state index is 0.123. The van der Waals surface area contributed by atoms with Gasteiger partial charge in [0.15, 0.2) is 5.17 Å². The second-order valence-electron chi connectivity index (χ2n) is 4.44. The molecule has 5 nitrogen and oxygen atoms in total. The van der Waals surface area contributed by atoms with Crippen molar-refractivity contribution in [2.45, 2.75) is 31.3 Å². The van der Waals surface area contributed by atoms with Crippen LogP contribution in [0.15, 0.2) is 4.99 Å². The highest BCUT2D eigenvalue weighted by Crippen LogP contribution is 2.31. The summed E-state index contributed by atoms with van der Waals surface area (Å²) in [7, 11) is 1.38. The molecule has 0 aromatic carbocycles. The maximum Gasteiger partial charge on any atom is 0.330 e. The van der Waals surface area contributed by atoms with Gasteiger partial charge >= 0.3 is 5.97 Å². The summed E-state index contributed by atoms with van der Waals surface area (Å²) in [5.74, 6) is 0.705. The van der Waals surface area contributed by atoms with Crippen LogP contribution in [0.25, 0.3) is 0 Å². The number of nitrogens with one attached hydrogen (secondary N) is 1. The van der Waals surface area contributed by atoms with Gasteiger partial charge in [-0.15, -0.1) is 0 Å². The summed E-state index contributed by atoms with van der Waals surface area (Å²) in [5.41, 5.74) is 0.123. The van der Waals surface area contributed by atoms with Crippen LogP contribution in [0.5, 0.6) is 0 Å². The molecule has 2 aliphatic heterocycles. The van der Waals surface area contributed by atoms with E-state index < -0.39 is 6.04 Å². The second-order valence-corrected chi connectivity index (χ2v) is 5.40. The van der Waals surface area contributed by atoms with Gasteiger partial charge in [0.1, 0.15) is 6.04 Å². The third-order valence-electron chi connectivity index (χ3n) is 3.16. The van der Waals surface area contributed by atoms with Gasteiger partial charge in [-0.05, 0) is 19.8 Å². The lowest BCUT2D eigenvalue weighted by atomic mass is 9.93. The zero-order valence-corrected chi connectivity index (χ0v) is 11.0. The lowest BCUT2D eigenvalue weighted by molar-refractivity contribution is -0.141. The normalized spacial score (nSPS) is 26.8. The molecule has 96 valence electrons. The minimum Gasteiger partial charge on any atom is -0.467 e. The number of hydrogen-bond donors (Lipinski definition) is 1. The first kappa shape index (κ1) is 12.7. The van der Waals surface area contributed by atoms with Crippen LogP contribution in [0.3, 0.4) is 0 Å². The summed E-state index contributed by atoms with van der Waals surface area (Å²) < 4.78 is 10.0. The molecule has 1 spiro atoms. The van der Waals surface area contributed by atoms with E-state index in [0.717, 1.165) is 37.0 Å². The molecule has 2 aliphatic rings. The van der Waals surface area contributed by atoms with E-state index >= 15 is 0 Å². The Morgan fingerprint density at radius 3 is 2.94 bits per heavy atom. The third-order valence-corrected chi connectivity index (χ3v) is 4.34. The highest BCUT2D eigenvalue weighted by Gasteiger charge is 2.38. The number of carbonyl (C=O) groups excluding carboxylic acids is 1. The van der Waals surface area contributed by atoms with Crippen LogP contribution in [-0.4, -0.2) is 48.8 Å². The Labute approximate surface area is 105 Å². The van der Waals surface area contributed by atoms with Crippen molar-refractivity contribution in [2.24, 2.45) is 4.99 Å². The Balaban J connectivity index is 1.96. The average Bonchev–Trinajstić information content (AvgIpc) is 2.72. The molecule has 2 heterocycles. The predicted octanol–water partition coefficient (Wildman–Crippen LogP) is 0.789. The second kappa shape index (κ2) is 5.27. The van der Waals surface area contributed by atoms with Crippen LogP contribution in [0.2, 0.25) is 0 Å². The lowest BCUT2D eigenvalue weighted by Gasteiger charge is -2.32. The van der Waals surface area contributed by atoms with E-state index in [0.29, 0.717) is 0 Å². The van der Waals surface area contributed by atoms with Crippen LogP contribution >= 0.6 is 11.8 Å². The summed E-state index contributed by atoms with van der Waals surface area (Å²) in [6, 6.07) is -0.440. The van der Waals surface area contributed by atoms with Crippen LogP contribution < -0.4 is 5.32 Å². The fourth-order valence-electron chi connectivity index (χ4n) is 2.01. The molecule has 1 atom stereocenters. The van der Waals surface area contributed by atoms with E-state index in [9.17, 15) is 4.79 Å². The van der Waals surface area contributed by atoms with Crippen molar-refractivity contribution in [3.05, 3.63) is 0 Å². The standard InChI is InChI=1S/C11H18N2O3S/c1-8(9(14)15-2)12-10-13-11(7-17-10)3-5-16-6-4-11/h8H,3-7H2,1-2H3,(H,12,13). The van der Waals surface area contributed by atoms with Crippen molar-refractivity contribution < 1.29 is 14.3 Å². The first-order valence-electron chi connectivity index (χ1n) is 5.80. The lowest BCUT2D eigenvalue weighted by Crippen LogP contribution is -2.48. The summed E-state index contributed by atoms with van der Waals surface area (Å²) in [6.07, 6.45) is 2.01. The van der Waals surface area contributed by atoms with E-state index in [2.05, 4.69) is 15.0 Å². The Morgan fingerprint density at radius 1 is 1.59 bits per heavy atom. The molecular weight excluding hydrogens is 240 g/mol. The molecule has 0 aromatic rings. The summed E-state index contributed by atoms with van der Waals surface area (Å²) in [5, 5.41) is 4.29. The summed E-state index contributed by atoms with van der Waals surface area (Å²) in [4.78, 5) is 15.6. The van der Waals surface area contributed by atoms with Gasteiger partial charge in [0.2, 0.25) is 0 Å². The summed E-state index contributed by atoms with van der Waals surface area (Å²) in [6.45, 7) is 3.34. The third kappa shape index (κ3) is 2.93. The maximum absolute atomic E-state index is 11.3. The van der Waals surface area contributed by atoms with Crippen molar-refractivity contribution in [1.29, 1.82) is 0 Å². The number of nitrogens with zero attached hydrogens (tertiary/aromatic N) is 1. The molecule has 6 heteroatoms. The highest BCUT2D eigenvalue weighted by molar-refractivity contribution is 8.14. The number of carbonyl (C=O) groups is 1. The molecule has 2 saturated heterocycles. The monoisotopic (exact) mass is 258 g/mol. The first-order chi connectivity index (χ1) is 8.15. The Kier molecular flexibility index (Phi) is 3.93. The number of methoxy groups -OCH3 is 1. The van der Waals surface area contributed by atoms with Gasteiger partial charge in [-0.2, -0.15) is 0 Å². The number of ether oxygens (including phenoxy) is 2. The molecule has 0 amide bonds. The zero-order chi connectivity index (χ0) is 12.3. The molecule has 2 rings (SSSR count). The molecular formula is C11H18N2O3S. The molecule has 0 saturated carbocycles. The van der Waals surface area contributed by atoms with Crippen LogP contribution in [0.4, 0.5) is 0 Å². The van der Waals surface area contributed by atoms with E-state index in [-0.39, 0.29) is 11.5 Å². The number of rotatable bonds is 2. The quantitative estimate of drug-likeness (QED) is 0.742. The first-order valence-corrected chi connectivity index (χ1v) is 6.78. The van der Waals surface area contributed by atoms with E-state index in [1.165, 1.54) is 7.11 Å². The molecule has 0 aliphatic carbocycles. The number of thioether (sulfide) groups is 1. The molecule has 17 heavy (non-hydrogen) atoms. The molecule has 0 bridgehead atoms.